The third-order valence-corrected chi connectivity index (χ3v) is 4.41. The molecule has 0 N–H and O–H groups in total. The number of aromatic nitrogens is 2. The Labute approximate surface area is 143 Å². The zero-order valence-corrected chi connectivity index (χ0v) is 13.9. The van der Waals surface area contributed by atoms with Crippen molar-refractivity contribution in [1.82, 2.24) is 14.7 Å². The van der Waals surface area contributed by atoms with Crippen LogP contribution in [0.25, 0.3) is 0 Å². The quantitative estimate of drug-likeness (QED) is 0.852. The van der Waals surface area contributed by atoms with Gasteiger partial charge in [-0.3, -0.25) is 9.48 Å². The first-order chi connectivity index (χ1) is 11.8. The smallest absolute Gasteiger partial charge is 0.435 e. The monoisotopic (exact) mass is 353 g/mol. The average molecular weight is 353 g/mol. The average Bonchev–Trinajstić information content (AvgIpc) is 3.10. The van der Waals surface area contributed by atoms with Crippen LogP contribution in [0.3, 0.4) is 0 Å². The maximum absolute atomic E-state index is 12.7. The van der Waals surface area contributed by atoms with Gasteiger partial charge in [-0.05, 0) is 31.0 Å². The molecule has 5 nitrogen and oxygen atoms in total. The first kappa shape index (κ1) is 17.3. The molecule has 1 aromatic carbocycles. The fraction of sp³-hybridized carbons (Fsp3) is 0.412. The van der Waals surface area contributed by atoms with E-state index < -0.39 is 17.9 Å². The maximum atomic E-state index is 12.7. The lowest BCUT2D eigenvalue weighted by molar-refractivity contribution is -0.142. The van der Waals surface area contributed by atoms with Crippen molar-refractivity contribution in [3.8, 4) is 5.75 Å². The Balaban J connectivity index is 1.78. The Morgan fingerprint density at radius 2 is 2.08 bits per heavy atom. The molecule has 0 aliphatic carbocycles. The van der Waals surface area contributed by atoms with E-state index in [-0.39, 0.29) is 5.91 Å². The molecule has 1 atom stereocenters. The molecule has 0 spiro atoms. The molecule has 1 aliphatic heterocycles. The predicted molar refractivity (Wildman–Crippen MR) is 84.1 cm³/mol. The van der Waals surface area contributed by atoms with Gasteiger partial charge in [0.25, 0.3) is 0 Å². The summed E-state index contributed by atoms with van der Waals surface area (Å²) in [6.45, 7) is 2.43. The van der Waals surface area contributed by atoms with E-state index in [0.717, 1.165) is 21.9 Å². The lowest BCUT2D eigenvalue weighted by atomic mass is 9.98. The van der Waals surface area contributed by atoms with Crippen molar-refractivity contribution in [2.45, 2.75) is 32.1 Å². The number of ether oxygens (including phenoxy) is 1. The molecule has 1 unspecified atom stereocenters. The SMILES string of the molecule is COc1cccc2c1CN(C(=O)C(C)n1ccc(C(F)(F)F)n1)CC2. The summed E-state index contributed by atoms with van der Waals surface area (Å²) in [4.78, 5) is 14.3. The van der Waals surface area contributed by atoms with Crippen molar-refractivity contribution in [2.75, 3.05) is 13.7 Å². The van der Waals surface area contributed by atoms with Crippen molar-refractivity contribution in [1.29, 1.82) is 0 Å². The highest BCUT2D eigenvalue weighted by atomic mass is 19.4. The van der Waals surface area contributed by atoms with Crippen LogP contribution in [0.1, 0.15) is 29.8 Å². The highest BCUT2D eigenvalue weighted by Crippen LogP contribution is 2.30. The summed E-state index contributed by atoms with van der Waals surface area (Å²) in [6, 6.07) is 5.79. The Morgan fingerprint density at radius 1 is 1.32 bits per heavy atom. The number of carbonyl (C=O) groups excluding carboxylic acids is 1. The summed E-state index contributed by atoms with van der Waals surface area (Å²) >= 11 is 0. The van der Waals surface area contributed by atoms with E-state index in [9.17, 15) is 18.0 Å². The Morgan fingerprint density at radius 3 is 2.72 bits per heavy atom. The summed E-state index contributed by atoms with van der Waals surface area (Å²) < 4.78 is 44.5. The molecule has 1 aromatic heterocycles. The minimum atomic E-state index is -4.52. The van der Waals surface area contributed by atoms with Crippen LogP contribution < -0.4 is 4.74 Å². The van der Waals surface area contributed by atoms with Gasteiger partial charge in [0.2, 0.25) is 5.91 Å². The van der Waals surface area contributed by atoms with Crippen molar-refractivity contribution >= 4 is 5.91 Å². The minimum Gasteiger partial charge on any atom is -0.496 e. The fourth-order valence-corrected chi connectivity index (χ4v) is 3.01. The van der Waals surface area contributed by atoms with E-state index in [4.69, 9.17) is 4.74 Å². The molecule has 1 amide bonds. The molecule has 3 rings (SSSR count). The van der Waals surface area contributed by atoms with Gasteiger partial charge in [0.1, 0.15) is 11.8 Å². The predicted octanol–water partition coefficient (Wildman–Crippen LogP) is 3.06. The van der Waals surface area contributed by atoms with Crippen molar-refractivity contribution < 1.29 is 22.7 Å². The molecular weight excluding hydrogens is 335 g/mol. The van der Waals surface area contributed by atoms with Crippen molar-refractivity contribution in [2.24, 2.45) is 0 Å². The lowest BCUT2D eigenvalue weighted by Gasteiger charge is -2.31. The lowest BCUT2D eigenvalue weighted by Crippen LogP contribution is -2.40. The van der Waals surface area contributed by atoms with Crippen LogP contribution in [0.2, 0.25) is 0 Å². The first-order valence-electron chi connectivity index (χ1n) is 7.87. The van der Waals surface area contributed by atoms with Crippen LogP contribution in [-0.2, 0) is 23.9 Å². The molecule has 0 saturated heterocycles. The van der Waals surface area contributed by atoms with Crippen molar-refractivity contribution in [3.63, 3.8) is 0 Å². The molecule has 0 saturated carbocycles. The van der Waals surface area contributed by atoms with Crippen LogP contribution in [0, 0.1) is 0 Å². The van der Waals surface area contributed by atoms with E-state index in [1.807, 2.05) is 18.2 Å². The number of hydrogen-bond acceptors (Lipinski definition) is 3. The van der Waals surface area contributed by atoms with Crippen LogP contribution in [0.4, 0.5) is 13.2 Å². The topological polar surface area (TPSA) is 47.4 Å². The normalized spacial score (nSPS) is 15.6. The first-order valence-corrected chi connectivity index (χ1v) is 7.87. The summed E-state index contributed by atoms with van der Waals surface area (Å²) in [6.07, 6.45) is -2.66. The van der Waals surface area contributed by atoms with Crippen LogP contribution in [0.5, 0.6) is 5.75 Å². The zero-order valence-electron chi connectivity index (χ0n) is 13.9. The maximum Gasteiger partial charge on any atom is 0.435 e. The molecule has 1 aliphatic rings. The summed E-state index contributed by atoms with van der Waals surface area (Å²) in [7, 11) is 1.57. The minimum absolute atomic E-state index is 0.270. The number of fused-ring (bicyclic) bond motifs is 1. The molecule has 0 radical (unpaired) electrons. The van der Waals surface area contributed by atoms with Gasteiger partial charge in [0, 0.05) is 24.8 Å². The molecule has 2 heterocycles. The molecule has 8 heteroatoms. The van der Waals surface area contributed by atoms with Crippen molar-refractivity contribution in [3.05, 3.63) is 47.3 Å². The molecule has 2 aromatic rings. The Bertz CT molecular complexity index is 771. The van der Waals surface area contributed by atoms with Crippen LogP contribution in [0.15, 0.2) is 30.5 Å². The zero-order chi connectivity index (χ0) is 18.2. The molecular formula is C17H18F3N3O2. The van der Waals surface area contributed by atoms with Gasteiger partial charge in [-0.15, -0.1) is 0 Å². The number of nitrogens with zero attached hydrogens (tertiary/aromatic N) is 3. The number of rotatable bonds is 3. The molecule has 25 heavy (non-hydrogen) atoms. The van der Waals surface area contributed by atoms with Gasteiger partial charge in [-0.1, -0.05) is 12.1 Å². The van der Waals surface area contributed by atoms with Crippen LogP contribution >= 0.6 is 0 Å². The number of carbonyl (C=O) groups is 1. The highest BCUT2D eigenvalue weighted by molar-refractivity contribution is 5.80. The second-order valence-corrected chi connectivity index (χ2v) is 5.96. The standard InChI is InChI=1S/C17H18F3N3O2/c1-11(23-9-7-15(21-23)17(18,19)20)16(24)22-8-6-12-4-3-5-14(25-2)13(12)10-22/h3-5,7,9,11H,6,8,10H2,1-2H3. The number of halogens is 3. The Hall–Kier alpha value is -2.51. The number of amides is 1. The number of methoxy groups -OCH3 is 1. The molecule has 0 fully saturated rings. The molecule has 134 valence electrons. The van der Waals surface area contributed by atoms with Gasteiger partial charge in [-0.25, -0.2) is 0 Å². The van der Waals surface area contributed by atoms with Gasteiger partial charge in [0.15, 0.2) is 5.69 Å². The van der Waals surface area contributed by atoms with E-state index in [0.29, 0.717) is 25.3 Å². The molecule has 0 bridgehead atoms. The van der Waals surface area contributed by atoms with E-state index in [1.54, 1.807) is 18.9 Å². The largest absolute Gasteiger partial charge is 0.496 e. The second kappa shape index (κ2) is 6.42. The number of benzene rings is 1. The third-order valence-electron chi connectivity index (χ3n) is 4.41. The van der Waals surface area contributed by atoms with Gasteiger partial charge >= 0.3 is 6.18 Å². The summed E-state index contributed by atoms with van der Waals surface area (Å²) in [5.74, 6) is 0.439. The highest BCUT2D eigenvalue weighted by Gasteiger charge is 2.35. The fourth-order valence-electron chi connectivity index (χ4n) is 3.01. The van der Waals surface area contributed by atoms with Gasteiger partial charge in [-0.2, -0.15) is 18.3 Å². The number of hydrogen-bond donors (Lipinski definition) is 0. The van der Waals surface area contributed by atoms with Gasteiger partial charge in [0.05, 0.1) is 7.11 Å². The van der Waals surface area contributed by atoms with Crippen LogP contribution in [-0.4, -0.2) is 34.2 Å². The number of alkyl halides is 3. The van der Waals surface area contributed by atoms with E-state index in [1.165, 1.54) is 6.20 Å². The summed E-state index contributed by atoms with van der Waals surface area (Å²) in [5.41, 5.74) is 1.06. The Kier molecular flexibility index (Phi) is 4.45. The van der Waals surface area contributed by atoms with E-state index in [2.05, 4.69) is 5.10 Å². The third kappa shape index (κ3) is 3.33. The van der Waals surface area contributed by atoms with Gasteiger partial charge < -0.3 is 9.64 Å². The second-order valence-electron chi connectivity index (χ2n) is 5.96. The summed E-state index contributed by atoms with van der Waals surface area (Å²) in [5, 5.41) is 3.49. The van der Waals surface area contributed by atoms with E-state index >= 15 is 0 Å².